The van der Waals surface area contributed by atoms with Gasteiger partial charge in [0.15, 0.2) is 6.10 Å². The third-order valence-electron chi connectivity index (χ3n) is 2.13. The third kappa shape index (κ3) is 2.98. The molecule has 0 saturated heterocycles. The van der Waals surface area contributed by atoms with Crippen LogP contribution < -0.4 is 4.74 Å². The Morgan fingerprint density at radius 2 is 2.22 bits per heavy atom. The van der Waals surface area contributed by atoms with E-state index in [0.717, 1.165) is 6.07 Å². The molecule has 0 fully saturated rings. The summed E-state index contributed by atoms with van der Waals surface area (Å²) in [5.74, 6) is 1.65. The fourth-order valence-corrected chi connectivity index (χ4v) is 1.23. The molecule has 0 aliphatic heterocycles. The Morgan fingerprint density at radius 3 is 2.72 bits per heavy atom. The van der Waals surface area contributed by atoms with Gasteiger partial charge in [0.1, 0.15) is 11.3 Å². The molecule has 0 amide bonds. The fourth-order valence-electron chi connectivity index (χ4n) is 1.23. The molecule has 0 aromatic heterocycles. The largest absolute Gasteiger partial charge is 0.496 e. The van der Waals surface area contributed by atoms with Gasteiger partial charge in [-0.25, -0.2) is 4.79 Å². The average molecular weight is 249 g/mol. The molecule has 0 spiro atoms. The van der Waals surface area contributed by atoms with Crippen molar-refractivity contribution in [1.82, 2.24) is 0 Å². The van der Waals surface area contributed by atoms with E-state index in [9.17, 15) is 14.9 Å². The van der Waals surface area contributed by atoms with Gasteiger partial charge in [-0.3, -0.25) is 10.1 Å². The van der Waals surface area contributed by atoms with Crippen LogP contribution >= 0.6 is 0 Å². The van der Waals surface area contributed by atoms with Gasteiger partial charge >= 0.3 is 5.97 Å². The highest BCUT2D eigenvalue weighted by atomic mass is 16.6. The summed E-state index contributed by atoms with van der Waals surface area (Å²) in [6.07, 6.45) is 4.36. The summed E-state index contributed by atoms with van der Waals surface area (Å²) in [7, 11) is 1.35. The SMILES string of the molecule is C#CC(C)OC(=O)c1cc([N+](=O)[O-])ccc1OC. The first-order valence-corrected chi connectivity index (χ1v) is 4.99. The second kappa shape index (κ2) is 5.68. The minimum atomic E-state index is -0.763. The minimum Gasteiger partial charge on any atom is -0.496 e. The highest BCUT2D eigenvalue weighted by molar-refractivity contribution is 5.93. The van der Waals surface area contributed by atoms with E-state index in [0.29, 0.717) is 0 Å². The Bertz CT molecular complexity index is 518. The first kappa shape index (κ1) is 13.5. The number of ether oxygens (including phenoxy) is 2. The zero-order valence-corrected chi connectivity index (χ0v) is 9.88. The molecular formula is C12H11NO5. The van der Waals surface area contributed by atoms with E-state index in [1.54, 1.807) is 0 Å². The van der Waals surface area contributed by atoms with Crippen LogP contribution in [0, 0.1) is 22.5 Å². The Kier molecular flexibility index (Phi) is 4.27. The lowest BCUT2D eigenvalue weighted by Gasteiger charge is -2.10. The average Bonchev–Trinajstić information content (AvgIpc) is 2.37. The standard InChI is InChI=1S/C12H11NO5/c1-4-8(2)18-12(14)10-7-9(13(15)16)5-6-11(10)17-3/h1,5-8H,2-3H3. The van der Waals surface area contributed by atoms with Gasteiger partial charge in [0.05, 0.1) is 12.0 Å². The van der Waals surface area contributed by atoms with Gasteiger partial charge in [-0.2, -0.15) is 0 Å². The lowest BCUT2D eigenvalue weighted by atomic mass is 10.2. The normalized spacial score (nSPS) is 11.2. The predicted octanol–water partition coefficient (Wildman–Crippen LogP) is 1.78. The predicted molar refractivity (Wildman–Crippen MR) is 63.4 cm³/mol. The zero-order chi connectivity index (χ0) is 13.7. The number of carbonyl (C=O) groups is 1. The summed E-state index contributed by atoms with van der Waals surface area (Å²) in [6, 6.07) is 3.65. The molecule has 0 bridgehead atoms. The van der Waals surface area contributed by atoms with Crippen LogP contribution in [0.5, 0.6) is 5.75 Å². The molecule has 6 heteroatoms. The number of non-ortho nitro benzene ring substituents is 1. The fraction of sp³-hybridized carbons (Fsp3) is 0.250. The maximum absolute atomic E-state index is 11.7. The van der Waals surface area contributed by atoms with Gasteiger partial charge in [-0.1, -0.05) is 5.92 Å². The van der Waals surface area contributed by atoms with Crippen molar-refractivity contribution in [3.63, 3.8) is 0 Å². The molecule has 1 rings (SSSR count). The molecule has 0 heterocycles. The number of nitrogens with zero attached hydrogens (tertiary/aromatic N) is 1. The summed E-state index contributed by atoms with van der Waals surface area (Å²) in [5, 5.41) is 10.6. The Balaban J connectivity index is 3.12. The molecule has 0 N–H and O–H groups in total. The summed E-state index contributed by atoms with van der Waals surface area (Å²) < 4.78 is 9.83. The molecule has 0 radical (unpaired) electrons. The maximum atomic E-state index is 11.7. The topological polar surface area (TPSA) is 78.7 Å². The summed E-state index contributed by atoms with van der Waals surface area (Å²) in [6.45, 7) is 1.52. The molecule has 1 atom stereocenters. The Labute approximate surface area is 104 Å². The van der Waals surface area contributed by atoms with Crippen molar-refractivity contribution in [2.24, 2.45) is 0 Å². The monoisotopic (exact) mass is 249 g/mol. The number of carbonyl (C=O) groups excluding carboxylic acids is 1. The highest BCUT2D eigenvalue weighted by Crippen LogP contribution is 2.24. The molecule has 0 aliphatic rings. The lowest BCUT2D eigenvalue weighted by Crippen LogP contribution is -2.14. The molecule has 1 aromatic rings. The number of esters is 1. The van der Waals surface area contributed by atoms with Gasteiger partial charge in [0.25, 0.3) is 5.69 Å². The van der Waals surface area contributed by atoms with Gasteiger partial charge in [0, 0.05) is 12.1 Å². The van der Waals surface area contributed by atoms with Crippen LogP contribution in [-0.4, -0.2) is 24.1 Å². The van der Waals surface area contributed by atoms with Crippen LogP contribution in [0.25, 0.3) is 0 Å². The van der Waals surface area contributed by atoms with Gasteiger partial charge in [-0.15, -0.1) is 6.42 Å². The van der Waals surface area contributed by atoms with Crippen molar-refractivity contribution < 1.29 is 19.2 Å². The quantitative estimate of drug-likeness (QED) is 0.352. The number of rotatable bonds is 4. The van der Waals surface area contributed by atoms with Crippen molar-refractivity contribution in [1.29, 1.82) is 0 Å². The van der Waals surface area contributed by atoms with E-state index in [2.05, 4.69) is 5.92 Å². The van der Waals surface area contributed by atoms with Gasteiger partial charge in [-0.05, 0) is 13.0 Å². The highest BCUT2D eigenvalue weighted by Gasteiger charge is 2.19. The van der Waals surface area contributed by atoms with E-state index in [4.69, 9.17) is 15.9 Å². The van der Waals surface area contributed by atoms with Crippen LogP contribution in [0.3, 0.4) is 0 Å². The molecule has 1 unspecified atom stereocenters. The number of nitro groups is 1. The Morgan fingerprint density at radius 1 is 1.56 bits per heavy atom. The van der Waals surface area contributed by atoms with Gasteiger partial charge < -0.3 is 9.47 Å². The lowest BCUT2D eigenvalue weighted by molar-refractivity contribution is -0.384. The van der Waals surface area contributed by atoms with Gasteiger partial charge in [0.2, 0.25) is 0 Å². The summed E-state index contributed by atoms with van der Waals surface area (Å²) in [4.78, 5) is 21.8. The van der Waals surface area contributed by atoms with E-state index in [1.165, 1.54) is 26.2 Å². The second-order valence-corrected chi connectivity index (χ2v) is 3.36. The molecule has 94 valence electrons. The van der Waals surface area contributed by atoms with E-state index in [-0.39, 0.29) is 17.0 Å². The first-order chi connectivity index (χ1) is 8.49. The minimum absolute atomic E-state index is 0.0335. The molecule has 0 saturated carbocycles. The van der Waals surface area contributed by atoms with Crippen molar-refractivity contribution in [3.8, 4) is 18.1 Å². The summed E-state index contributed by atoms with van der Waals surface area (Å²) >= 11 is 0. The molecular weight excluding hydrogens is 238 g/mol. The van der Waals surface area contributed by atoms with Crippen LogP contribution in [0.2, 0.25) is 0 Å². The van der Waals surface area contributed by atoms with Crippen molar-refractivity contribution in [2.45, 2.75) is 13.0 Å². The van der Waals surface area contributed by atoms with Crippen molar-refractivity contribution in [2.75, 3.05) is 7.11 Å². The van der Waals surface area contributed by atoms with Crippen molar-refractivity contribution >= 4 is 11.7 Å². The number of hydrogen-bond acceptors (Lipinski definition) is 5. The number of terminal acetylenes is 1. The number of benzene rings is 1. The number of hydrogen-bond donors (Lipinski definition) is 0. The van der Waals surface area contributed by atoms with Crippen LogP contribution in [0.15, 0.2) is 18.2 Å². The van der Waals surface area contributed by atoms with E-state index in [1.807, 2.05) is 0 Å². The molecule has 1 aromatic carbocycles. The van der Waals surface area contributed by atoms with Crippen LogP contribution in [-0.2, 0) is 4.74 Å². The van der Waals surface area contributed by atoms with E-state index < -0.39 is 17.0 Å². The van der Waals surface area contributed by atoms with Crippen LogP contribution in [0.4, 0.5) is 5.69 Å². The smallest absolute Gasteiger partial charge is 0.343 e. The maximum Gasteiger partial charge on any atom is 0.343 e. The van der Waals surface area contributed by atoms with E-state index >= 15 is 0 Å². The van der Waals surface area contributed by atoms with Crippen molar-refractivity contribution in [3.05, 3.63) is 33.9 Å². The first-order valence-electron chi connectivity index (χ1n) is 4.99. The molecule has 0 aliphatic carbocycles. The summed E-state index contributed by atoms with van der Waals surface area (Å²) in [5.41, 5.74) is -0.259. The Hall–Kier alpha value is -2.55. The number of methoxy groups -OCH3 is 1. The molecule has 6 nitrogen and oxygen atoms in total. The zero-order valence-electron chi connectivity index (χ0n) is 9.88. The third-order valence-corrected chi connectivity index (χ3v) is 2.13. The number of nitro benzene ring substituents is 1. The molecule has 18 heavy (non-hydrogen) atoms. The second-order valence-electron chi connectivity index (χ2n) is 3.36. The van der Waals surface area contributed by atoms with Crippen LogP contribution in [0.1, 0.15) is 17.3 Å².